The summed E-state index contributed by atoms with van der Waals surface area (Å²) in [6.45, 7) is 6.16. The van der Waals surface area contributed by atoms with Crippen LogP contribution < -0.4 is 0 Å². The van der Waals surface area contributed by atoms with Crippen molar-refractivity contribution in [3.63, 3.8) is 0 Å². The van der Waals surface area contributed by atoms with Crippen molar-refractivity contribution in [1.29, 1.82) is 0 Å². The van der Waals surface area contributed by atoms with Crippen LogP contribution in [0, 0.1) is 0 Å². The van der Waals surface area contributed by atoms with Gasteiger partial charge < -0.3 is 0 Å². The van der Waals surface area contributed by atoms with Gasteiger partial charge in [-0.15, -0.1) is 20.4 Å². The van der Waals surface area contributed by atoms with Gasteiger partial charge in [0.05, 0.1) is 0 Å². The summed E-state index contributed by atoms with van der Waals surface area (Å²) >= 11 is 8.50. The second kappa shape index (κ2) is 17.9. The molecule has 0 aliphatic heterocycles. The monoisotopic (exact) mass is 600 g/mol. The molecule has 2 rings (SSSR count). The van der Waals surface area contributed by atoms with Gasteiger partial charge in [0.2, 0.25) is 0 Å². The van der Waals surface area contributed by atoms with Crippen molar-refractivity contribution in [2.75, 3.05) is 17.3 Å². The van der Waals surface area contributed by atoms with Gasteiger partial charge in [0, 0.05) is 35.4 Å². The molecule has 0 saturated carbocycles. The fourth-order valence-corrected chi connectivity index (χ4v) is 7.85. The summed E-state index contributed by atoms with van der Waals surface area (Å²) < 4.78 is 75.1. The van der Waals surface area contributed by atoms with Crippen molar-refractivity contribution < 1.29 is 26.3 Å². The molecule has 0 aromatic carbocycles. The number of hydrogen-bond donors (Lipinski definition) is 0. The third-order valence-corrected chi connectivity index (χ3v) is 9.59. The normalized spacial score (nSPS) is 10.8. The van der Waals surface area contributed by atoms with Gasteiger partial charge in [-0.05, 0) is 6.42 Å². The van der Waals surface area contributed by atoms with Gasteiger partial charge in [0.25, 0.3) is 0 Å². The van der Waals surface area contributed by atoms with E-state index in [1.165, 1.54) is 46.2 Å². The molecule has 16 heteroatoms. The lowest BCUT2D eigenvalue weighted by Gasteiger charge is -1.97. The van der Waals surface area contributed by atoms with Crippen LogP contribution in [0.3, 0.4) is 0 Å². The average Bonchev–Trinajstić information content (AvgIpc) is 3.41. The average molecular weight is 601 g/mol. The van der Waals surface area contributed by atoms with Gasteiger partial charge in [-0.2, -0.15) is 17.6 Å². The molecule has 0 radical (unpaired) electrons. The highest BCUT2D eigenvalue weighted by atomic mass is 32.2. The predicted molar refractivity (Wildman–Crippen MR) is 133 cm³/mol. The first-order chi connectivity index (χ1) is 16.1. The molecule has 0 bridgehead atoms. The third kappa shape index (κ3) is 14.2. The molecule has 4 nitrogen and oxygen atoms in total. The maximum atomic E-state index is 12.5. The smallest absolute Gasteiger partial charge is 0.206 e. The molecular weight excluding hydrogens is 579 g/mol. The number of aromatic nitrogens is 4. The zero-order valence-corrected chi connectivity index (χ0v) is 23.2. The molecule has 0 saturated heterocycles. The number of hydrogen-bond acceptors (Lipinski definition) is 10. The zero-order chi connectivity index (χ0) is 25.5. The Morgan fingerprint density at radius 3 is 1.44 bits per heavy atom. The molecular formula is C18H22F6N4S6. The standard InChI is InChI=1S/2C9H11F3N2S3/c1-5(2)16-9-14-13-8(17-9)15-4-3-6(10)7(11)12;1-2-4-15-8-13-14-9(17-8)16-5-3-6(10)7(11)12/h5H,3-4H2,1-2H3;2-5H2,1H3. The van der Waals surface area contributed by atoms with Gasteiger partial charge in [0.15, 0.2) is 29.0 Å². The highest BCUT2D eigenvalue weighted by Gasteiger charge is 2.10. The molecule has 0 aliphatic carbocycles. The van der Waals surface area contributed by atoms with Crippen molar-refractivity contribution in [2.45, 2.75) is 62.6 Å². The summed E-state index contributed by atoms with van der Waals surface area (Å²) in [5.74, 6) is -1.23. The minimum Gasteiger partial charge on any atom is -0.206 e. The molecule has 0 spiro atoms. The highest BCUT2D eigenvalue weighted by molar-refractivity contribution is 8.03. The van der Waals surface area contributed by atoms with E-state index in [-0.39, 0.29) is 24.3 Å². The largest absolute Gasteiger partial charge is 0.301 e. The van der Waals surface area contributed by atoms with Crippen molar-refractivity contribution >= 4 is 69.7 Å². The minimum absolute atomic E-state index is 0.240. The van der Waals surface area contributed by atoms with Crippen LogP contribution in [0.1, 0.15) is 40.0 Å². The van der Waals surface area contributed by atoms with Crippen molar-refractivity contribution in [3.8, 4) is 0 Å². The van der Waals surface area contributed by atoms with Gasteiger partial charge >= 0.3 is 12.2 Å². The first-order valence-corrected chi connectivity index (χ1v) is 15.2. The molecule has 0 aliphatic rings. The van der Waals surface area contributed by atoms with Gasteiger partial charge in [0.1, 0.15) is 0 Å². The van der Waals surface area contributed by atoms with Crippen molar-refractivity contribution in [2.24, 2.45) is 0 Å². The van der Waals surface area contributed by atoms with Gasteiger partial charge in [-0.25, -0.2) is 8.78 Å². The summed E-state index contributed by atoms with van der Waals surface area (Å²) in [6, 6.07) is 0. The second-order valence-electron chi connectivity index (χ2n) is 6.21. The zero-order valence-electron chi connectivity index (χ0n) is 18.3. The van der Waals surface area contributed by atoms with Crippen LogP contribution in [-0.2, 0) is 0 Å². The Morgan fingerprint density at radius 1 is 0.676 bits per heavy atom. The lowest BCUT2D eigenvalue weighted by Crippen LogP contribution is -1.84. The van der Waals surface area contributed by atoms with Crippen LogP contribution in [-0.4, -0.2) is 42.9 Å². The fraction of sp³-hybridized carbons (Fsp3) is 0.556. The van der Waals surface area contributed by atoms with E-state index < -0.39 is 23.8 Å². The first-order valence-electron chi connectivity index (χ1n) is 9.73. The van der Waals surface area contributed by atoms with E-state index in [9.17, 15) is 26.3 Å². The van der Waals surface area contributed by atoms with E-state index in [2.05, 4.69) is 27.3 Å². The number of thioether (sulfide) groups is 4. The molecule has 2 aromatic heterocycles. The minimum atomic E-state index is -2.24. The predicted octanol–water partition coefficient (Wildman–Crippen LogP) is 9.20. The van der Waals surface area contributed by atoms with Crippen LogP contribution in [0.4, 0.5) is 26.3 Å². The summed E-state index contributed by atoms with van der Waals surface area (Å²) in [7, 11) is 0. The Bertz CT molecular complexity index is 912. The van der Waals surface area contributed by atoms with Gasteiger partial charge in [-0.3, -0.25) is 0 Å². The molecule has 0 amide bonds. The molecule has 0 fully saturated rings. The molecule has 0 N–H and O–H groups in total. The topological polar surface area (TPSA) is 51.6 Å². The van der Waals surface area contributed by atoms with E-state index in [0.29, 0.717) is 13.9 Å². The Balaban J connectivity index is 0.000000340. The Morgan fingerprint density at radius 2 is 1.06 bits per heavy atom. The van der Waals surface area contributed by atoms with E-state index >= 15 is 0 Å². The summed E-state index contributed by atoms with van der Waals surface area (Å²) in [5, 5.41) is 16.1. The van der Waals surface area contributed by atoms with Crippen LogP contribution in [0.25, 0.3) is 0 Å². The lowest BCUT2D eigenvalue weighted by molar-refractivity contribution is 0.373. The molecule has 0 unspecified atom stereocenters. The maximum absolute atomic E-state index is 12.5. The lowest BCUT2D eigenvalue weighted by atomic mass is 10.4. The Hall–Kier alpha value is -0.420. The second-order valence-corrected chi connectivity index (χ2v) is 14.0. The molecule has 34 heavy (non-hydrogen) atoms. The van der Waals surface area contributed by atoms with E-state index in [1.54, 1.807) is 23.5 Å². The summed E-state index contributed by atoms with van der Waals surface area (Å²) in [6.07, 6.45) is -3.97. The number of nitrogens with zero attached hydrogens (tertiary/aromatic N) is 4. The molecule has 2 aromatic rings. The quantitative estimate of drug-likeness (QED) is 0.167. The molecule has 192 valence electrons. The number of allylic oxidation sites excluding steroid dienone is 2. The SMILES string of the molecule is CC(C)Sc1nnc(SCCC(F)=C(F)F)s1.CCCSc1nnc(SCCC(F)=C(F)F)s1. The summed E-state index contributed by atoms with van der Waals surface area (Å²) in [4.78, 5) is 0. The van der Waals surface area contributed by atoms with E-state index in [1.807, 2.05) is 13.8 Å². The first kappa shape index (κ1) is 31.6. The Labute approximate surface area is 219 Å². The van der Waals surface area contributed by atoms with Crippen molar-refractivity contribution in [3.05, 3.63) is 23.8 Å². The van der Waals surface area contributed by atoms with Crippen LogP contribution >= 0.6 is 69.7 Å². The fourth-order valence-electron chi connectivity index (χ4n) is 1.65. The van der Waals surface area contributed by atoms with Crippen molar-refractivity contribution in [1.82, 2.24) is 20.4 Å². The van der Waals surface area contributed by atoms with E-state index in [0.717, 1.165) is 20.9 Å². The number of halogens is 6. The van der Waals surface area contributed by atoms with Gasteiger partial charge in [-0.1, -0.05) is 90.5 Å². The van der Waals surface area contributed by atoms with E-state index in [4.69, 9.17) is 0 Å². The molecule has 0 atom stereocenters. The number of rotatable bonds is 13. The Kier molecular flexibility index (Phi) is 16.7. The summed E-state index contributed by atoms with van der Waals surface area (Å²) in [5.41, 5.74) is 0. The highest BCUT2D eigenvalue weighted by Crippen LogP contribution is 2.32. The third-order valence-electron chi connectivity index (χ3n) is 3.05. The maximum Gasteiger partial charge on any atom is 0.301 e. The van der Waals surface area contributed by atoms with Crippen LogP contribution in [0.15, 0.2) is 41.2 Å². The van der Waals surface area contributed by atoms with Crippen LogP contribution in [0.5, 0.6) is 0 Å². The van der Waals surface area contributed by atoms with Crippen LogP contribution in [0.2, 0.25) is 0 Å². The molecule has 2 heterocycles.